The van der Waals surface area contributed by atoms with Crippen LogP contribution in [0.1, 0.15) is 0 Å². The van der Waals surface area contributed by atoms with E-state index < -0.39 is 0 Å². The van der Waals surface area contributed by atoms with E-state index in [1.807, 2.05) is 35.7 Å². The van der Waals surface area contributed by atoms with Gasteiger partial charge in [0.2, 0.25) is 0 Å². The van der Waals surface area contributed by atoms with Crippen LogP contribution in [0.25, 0.3) is 16.9 Å². The van der Waals surface area contributed by atoms with Gasteiger partial charge < -0.3 is 4.90 Å². The zero-order chi connectivity index (χ0) is 13.4. The molecule has 0 N–H and O–H groups in total. The van der Waals surface area contributed by atoms with Gasteiger partial charge in [0.15, 0.2) is 5.65 Å². The zero-order valence-corrected chi connectivity index (χ0v) is 11.3. The van der Waals surface area contributed by atoms with Gasteiger partial charge in [-0.2, -0.15) is 0 Å². The Morgan fingerprint density at radius 2 is 2.00 bits per heavy atom. The zero-order valence-electron chi connectivity index (χ0n) is 10.6. The Labute approximate surface area is 115 Å². The van der Waals surface area contributed by atoms with Crippen molar-refractivity contribution in [2.24, 2.45) is 0 Å². The Morgan fingerprint density at radius 1 is 1.16 bits per heavy atom. The highest BCUT2D eigenvalue weighted by Crippen LogP contribution is 2.28. The first kappa shape index (κ1) is 11.9. The summed E-state index contributed by atoms with van der Waals surface area (Å²) in [5.41, 5.74) is 2.66. The molecule has 3 rings (SSSR count). The molecule has 0 aliphatic carbocycles. The van der Waals surface area contributed by atoms with E-state index in [1.165, 1.54) is 0 Å². The van der Waals surface area contributed by atoms with Gasteiger partial charge in [0.05, 0.1) is 23.1 Å². The molecule has 0 fully saturated rings. The van der Waals surface area contributed by atoms with Crippen LogP contribution in [0.15, 0.2) is 37.1 Å². The number of pyridine rings is 1. The number of hydrogen-bond donors (Lipinski definition) is 0. The molecule has 6 heteroatoms. The highest BCUT2D eigenvalue weighted by molar-refractivity contribution is 6.33. The van der Waals surface area contributed by atoms with Crippen LogP contribution in [0.3, 0.4) is 0 Å². The Balaban J connectivity index is 2.14. The Kier molecular flexibility index (Phi) is 2.83. The van der Waals surface area contributed by atoms with Crippen LogP contribution in [0.5, 0.6) is 0 Å². The van der Waals surface area contributed by atoms with Crippen LogP contribution in [-0.4, -0.2) is 33.4 Å². The summed E-state index contributed by atoms with van der Waals surface area (Å²) in [6, 6.07) is 1.90. The first-order chi connectivity index (χ1) is 9.16. The van der Waals surface area contributed by atoms with E-state index in [1.54, 1.807) is 24.8 Å². The second-order valence-corrected chi connectivity index (χ2v) is 4.78. The summed E-state index contributed by atoms with van der Waals surface area (Å²) in [5.74, 6) is 0.751. The van der Waals surface area contributed by atoms with E-state index in [9.17, 15) is 0 Å². The van der Waals surface area contributed by atoms with Gasteiger partial charge in [-0.15, -0.1) is 0 Å². The van der Waals surface area contributed by atoms with Crippen molar-refractivity contribution in [3.63, 3.8) is 0 Å². The maximum atomic E-state index is 6.25. The summed E-state index contributed by atoms with van der Waals surface area (Å²) < 4.78 is 1.95. The van der Waals surface area contributed by atoms with E-state index in [2.05, 4.69) is 15.0 Å². The van der Waals surface area contributed by atoms with Crippen molar-refractivity contribution < 1.29 is 0 Å². The Hall–Kier alpha value is -2.14. The molecule has 3 aromatic heterocycles. The van der Waals surface area contributed by atoms with Crippen molar-refractivity contribution in [3.05, 3.63) is 42.1 Å². The first-order valence-electron chi connectivity index (χ1n) is 5.77. The third kappa shape index (κ3) is 2.02. The van der Waals surface area contributed by atoms with Crippen LogP contribution in [0.2, 0.25) is 5.02 Å². The number of rotatable bonds is 2. The molecular weight excluding hydrogens is 262 g/mol. The van der Waals surface area contributed by atoms with Gasteiger partial charge in [-0.25, -0.2) is 9.97 Å². The summed E-state index contributed by atoms with van der Waals surface area (Å²) in [4.78, 5) is 14.6. The van der Waals surface area contributed by atoms with Crippen molar-refractivity contribution in [1.29, 1.82) is 0 Å². The molecule has 0 aliphatic rings. The molecule has 0 saturated carbocycles. The van der Waals surface area contributed by atoms with Gasteiger partial charge in [0.1, 0.15) is 5.82 Å². The predicted molar refractivity (Wildman–Crippen MR) is 75.6 cm³/mol. The van der Waals surface area contributed by atoms with Crippen LogP contribution >= 0.6 is 11.6 Å². The maximum absolute atomic E-state index is 6.25. The fourth-order valence-electron chi connectivity index (χ4n) is 1.96. The van der Waals surface area contributed by atoms with Gasteiger partial charge in [-0.3, -0.25) is 9.38 Å². The summed E-state index contributed by atoms with van der Waals surface area (Å²) in [6.45, 7) is 0. The smallest absolute Gasteiger partial charge is 0.155 e. The molecule has 0 atom stereocenters. The maximum Gasteiger partial charge on any atom is 0.155 e. The number of anilines is 1. The molecule has 5 nitrogen and oxygen atoms in total. The standard InChI is InChI=1S/C13H12ClN5/c1-18(2)13-10(14)5-9(6-17-13)11-7-16-12-8-15-3-4-19(11)12/h3-8H,1-2H3. The van der Waals surface area contributed by atoms with E-state index in [4.69, 9.17) is 11.6 Å². The van der Waals surface area contributed by atoms with Crippen molar-refractivity contribution in [3.8, 4) is 11.3 Å². The van der Waals surface area contributed by atoms with E-state index in [0.717, 1.165) is 22.7 Å². The van der Waals surface area contributed by atoms with E-state index >= 15 is 0 Å². The predicted octanol–water partition coefficient (Wildman–Crippen LogP) is 2.51. The highest BCUT2D eigenvalue weighted by atomic mass is 35.5. The van der Waals surface area contributed by atoms with Crippen LogP contribution in [0.4, 0.5) is 5.82 Å². The highest BCUT2D eigenvalue weighted by Gasteiger charge is 2.10. The normalized spacial score (nSPS) is 10.9. The van der Waals surface area contributed by atoms with E-state index in [-0.39, 0.29) is 0 Å². The molecule has 3 aromatic rings. The lowest BCUT2D eigenvalue weighted by molar-refractivity contribution is 1.07. The van der Waals surface area contributed by atoms with Gasteiger partial charge in [-0.05, 0) is 6.07 Å². The van der Waals surface area contributed by atoms with Gasteiger partial charge >= 0.3 is 0 Å². The Bertz CT molecular complexity index is 735. The first-order valence-corrected chi connectivity index (χ1v) is 6.15. The average Bonchev–Trinajstić information content (AvgIpc) is 2.82. The SMILES string of the molecule is CN(C)c1ncc(-c2cnc3cnccn23)cc1Cl. The molecule has 0 amide bonds. The fraction of sp³-hybridized carbons (Fsp3) is 0.154. The Morgan fingerprint density at radius 3 is 2.74 bits per heavy atom. The molecule has 0 unspecified atom stereocenters. The lowest BCUT2D eigenvalue weighted by atomic mass is 10.2. The number of aromatic nitrogens is 4. The monoisotopic (exact) mass is 273 g/mol. The lowest BCUT2D eigenvalue weighted by Gasteiger charge is -2.13. The second-order valence-electron chi connectivity index (χ2n) is 4.37. The topological polar surface area (TPSA) is 46.3 Å². The fourth-order valence-corrected chi connectivity index (χ4v) is 2.29. The number of imidazole rings is 1. The third-order valence-electron chi connectivity index (χ3n) is 2.86. The molecule has 96 valence electrons. The minimum atomic E-state index is 0.617. The number of halogens is 1. The second kappa shape index (κ2) is 4.51. The van der Waals surface area contributed by atoms with Crippen LogP contribution in [-0.2, 0) is 0 Å². The molecular formula is C13H12ClN5. The summed E-state index contributed by atoms with van der Waals surface area (Å²) >= 11 is 6.25. The summed E-state index contributed by atoms with van der Waals surface area (Å²) in [7, 11) is 3.82. The number of nitrogens with zero attached hydrogens (tertiary/aromatic N) is 5. The molecule has 0 spiro atoms. The lowest BCUT2D eigenvalue weighted by Crippen LogP contribution is -2.11. The summed E-state index contributed by atoms with van der Waals surface area (Å²) in [5, 5.41) is 0.617. The van der Waals surface area contributed by atoms with Crippen LogP contribution in [0, 0.1) is 0 Å². The molecule has 0 radical (unpaired) electrons. The summed E-state index contributed by atoms with van der Waals surface area (Å²) in [6.07, 6.45) is 8.89. The number of fused-ring (bicyclic) bond motifs is 1. The third-order valence-corrected chi connectivity index (χ3v) is 3.14. The largest absolute Gasteiger partial charge is 0.362 e. The van der Waals surface area contributed by atoms with Gasteiger partial charge in [0, 0.05) is 38.2 Å². The van der Waals surface area contributed by atoms with Crippen LogP contribution < -0.4 is 4.90 Å². The van der Waals surface area contributed by atoms with Gasteiger partial charge in [0.25, 0.3) is 0 Å². The minimum Gasteiger partial charge on any atom is -0.362 e. The van der Waals surface area contributed by atoms with Crippen molar-refractivity contribution >= 4 is 23.1 Å². The van der Waals surface area contributed by atoms with Crippen molar-refractivity contribution in [2.45, 2.75) is 0 Å². The quantitative estimate of drug-likeness (QED) is 0.720. The average molecular weight is 274 g/mol. The molecule has 0 aliphatic heterocycles. The number of hydrogen-bond acceptors (Lipinski definition) is 4. The minimum absolute atomic E-state index is 0.617. The molecule has 0 saturated heterocycles. The van der Waals surface area contributed by atoms with E-state index in [0.29, 0.717) is 5.02 Å². The van der Waals surface area contributed by atoms with Crippen molar-refractivity contribution in [2.75, 3.05) is 19.0 Å². The van der Waals surface area contributed by atoms with Crippen molar-refractivity contribution in [1.82, 2.24) is 19.4 Å². The van der Waals surface area contributed by atoms with Gasteiger partial charge in [-0.1, -0.05) is 11.6 Å². The molecule has 3 heterocycles. The molecule has 19 heavy (non-hydrogen) atoms. The molecule has 0 aromatic carbocycles. The molecule has 0 bridgehead atoms.